The van der Waals surface area contributed by atoms with E-state index < -0.39 is 0 Å². The molecule has 4 rings (SSSR count). The van der Waals surface area contributed by atoms with Crippen LogP contribution in [-0.4, -0.2) is 10.5 Å². The number of fused-ring (bicyclic) bond motifs is 2. The lowest BCUT2D eigenvalue weighted by atomic mass is 10.1. The molecule has 0 aliphatic rings. The molecule has 0 aliphatic heterocycles. The first kappa shape index (κ1) is 17.5. The average Bonchev–Trinajstić information content (AvgIpc) is 3.18. The van der Waals surface area contributed by atoms with Gasteiger partial charge in [0.2, 0.25) is 5.91 Å². The SMILES string of the molecule is CCc1ccc(CNC(=O)Cn2c3ccccc3c(=O)c3ccccc32)s1. The average molecular weight is 376 g/mol. The Morgan fingerprint density at radius 3 is 2.11 bits per heavy atom. The van der Waals surface area contributed by atoms with Crippen LogP contribution in [0.25, 0.3) is 21.8 Å². The van der Waals surface area contributed by atoms with Crippen molar-refractivity contribution in [3.63, 3.8) is 0 Å². The predicted molar refractivity (Wildman–Crippen MR) is 111 cm³/mol. The second-order valence-corrected chi connectivity index (χ2v) is 7.70. The van der Waals surface area contributed by atoms with E-state index in [-0.39, 0.29) is 17.9 Å². The first-order valence-electron chi connectivity index (χ1n) is 9.02. The van der Waals surface area contributed by atoms with Crippen LogP contribution < -0.4 is 10.7 Å². The van der Waals surface area contributed by atoms with Gasteiger partial charge in [-0.25, -0.2) is 0 Å². The molecular weight excluding hydrogens is 356 g/mol. The molecule has 0 atom stereocenters. The Balaban J connectivity index is 1.66. The third kappa shape index (κ3) is 3.38. The highest BCUT2D eigenvalue weighted by Gasteiger charge is 2.12. The van der Waals surface area contributed by atoms with Crippen LogP contribution in [-0.2, 0) is 24.3 Å². The van der Waals surface area contributed by atoms with Crippen molar-refractivity contribution in [1.29, 1.82) is 0 Å². The number of hydrogen-bond acceptors (Lipinski definition) is 3. The second-order valence-electron chi connectivity index (χ2n) is 6.45. The summed E-state index contributed by atoms with van der Waals surface area (Å²) < 4.78 is 1.92. The number of nitrogens with one attached hydrogen (secondary N) is 1. The van der Waals surface area contributed by atoms with Crippen molar-refractivity contribution in [3.05, 3.63) is 80.6 Å². The Morgan fingerprint density at radius 2 is 1.52 bits per heavy atom. The van der Waals surface area contributed by atoms with Crippen molar-refractivity contribution in [2.45, 2.75) is 26.4 Å². The molecule has 0 unspecified atom stereocenters. The maximum atomic E-state index is 12.8. The Morgan fingerprint density at radius 1 is 0.926 bits per heavy atom. The highest BCUT2D eigenvalue weighted by Crippen LogP contribution is 2.19. The van der Waals surface area contributed by atoms with Gasteiger partial charge in [-0.3, -0.25) is 9.59 Å². The van der Waals surface area contributed by atoms with E-state index in [4.69, 9.17) is 0 Å². The highest BCUT2D eigenvalue weighted by atomic mass is 32.1. The highest BCUT2D eigenvalue weighted by molar-refractivity contribution is 7.11. The fourth-order valence-electron chi connectivity index (χ4n) is 3.34. The smallest absolute Gasteiger partial charge is 0.240 e. The van der Waals surface area contributed by atoms with Crippen molar-refractivity contribution < 1.29 is 4.79 Å². The van der Waals surface area contributed by atoms with Gasteiger partial charge in [0, 0.05) is 20.5 Å². The second kappa shape index (κ2) is 7.37. The van der Waals surface area contributed by atoms with E-state index in [1.165, 1.54) is 4.88 Å². The van der Waals surface area contributed by atoms with Crippen LogP contribution in [0.5, 0.6) is 0 Å². The Labute approximate surface area is 161 Å². The molecular formula is C22H20N2O2S. The molecule has 0 saturated carbocycles. The zero-order valence-corrected chi connectivity index (χ0v) is 15.9. The largest absolute Gasteiger partial charge is 0.350 e. The van der Waals surface area contributed by atoms with E-state index in [0.29, 0.717) is 17.3 Å². The summed E-state index contributed by atoms with van der Waals surface area (Å²) in [7, 11) is 0. The molecule has 136 valence electrons. The van der Waals surface area contributed by atoms with Crippen molar-refractivity contribution in [1.82, 2.24) is 9.88 Å². The number of hydrogen-bond donors (Lipinski definition) is 1. The van der Waals surface area contributed by atoms with Crippen molar-refractivity contribution in [2.24, 2.45) is 0 Å². The Bertz CT molecular complexity index is 1130. The molecule has 5 heteroatoms. The standard InChI is InChI=1S/C22H20N2O2S/c1-2-15-11-12-16(27-15)13-23-21(25)14-24-19-9-5-3-7-17(19)22(26)18-8-4-6-10-20(18)24/h3-12H,2,13-14H2,1H3,(H,23,25). The van der Waals surface area contributed by atoms with E-state index in [1.54, 1.807) is 11.3 Å². The molecule has 0 radical (unpaired) electrons. The number of benzene rings is 2. The van der Waals surface area contributed by atoms with Crippen molar-refractivity contribution in [2.75, 3.05) is 0 Å². The summed E-state index contributed by atoms with van der Waals surface area (Å²) in [6.45, 7) is 2.83. The van der Waals surface area contributed by atoms with E-state index in [2.05, 4.69) is 24.4 Å². The van der Waals surface area contributed by atoms with Crippen molar-refractivity contribution in [3.8, 4) is 0 Å². The lowest BCUT2D eigenvalue weighted by Gasteiger charge is -2.15. The number of aromatic nitrogens is 1. The summed E-state index contributed by atoms with van der Waals surface area (Å²) in [6.07, 6.45) is 1.01. The minimum absolute atomic E-state index is 0.00328. The number of carbonyl (C=O) groups is 1. The molecule has 0 bridgehead atoms. The van der Waals surface area contributed by atoms with E-state index in [9.17, 15) is 9.59 Å². The molecule has 1 N–H and O–H groups in total. The molecule has 27 heavy (non-hydrogen) atoms. The van der Waals surface area contributed by atoms with Crippen LogP contribution in [0, 0.1) is 0 Å². The maximum Gasteiger partial charge on any atom is 0.240 e. The molecule has 2 heterocycles. The lowest BCUT2D eigenvalue weighted by molar-refractivity contribution is -0.121. The van der Waals surface area contributed by atoms with Gasteiger partial charge in [0.25, 0.3) is 0 Å². The van der Waals surface area contributed by atoms with Gasteiger partial charge >= 0.3 is 0 Å². The first-order chi connectivity index (χ1) is 13.2. The third-order valence-corrected chi connectivity index (χ3v) is 5.94. The van der Waals surface area contributed by atoms with E-state index >= 15 is 0 Å². The number of nitrogens with zero attached hydrogens (tertiary/aromatic N) is 1. The van der Waals surface area contributed by atoms with Gasteiger partial charge in [-0.2, -0.15) is 0 Å². The molecule has 4 nitrogen and oxygen atoms in total. The van der Waals surface area contributed by atoms with E-state index in [1.807, 2.05) is 53.1 Å². The van der Waals surface area contributed by atoms with Gasteiger partial charge in [0.05, 0.1) is 17.6 Å². The summed E-state index contributed by atoms with van der Waals surface area (Å²) >= 11 is 1.73. The number of thiophene rings is 1. The number of carbonyl (C=O) groups excluding carboxylic acids is 1. The minimum atomic E-state index is -0.0691. The van der Waals surface area contributed by atoms with Crippen LogP contribution in [0.1, 0.15) is 16.7 Å². The minimum Gasteiger partial charge on any atom is -0.350 e. The molecule has 0 spiro atoms. The Kier molecular flexibility index (Phi) is 4.77. The zero-order valence-electron chi connectivity index (χ0n) is 15.1. The third-order valence-electron chi connectivity index (χ3n) is 4.71. The molecule has 0 saturated heterocycles. The number of rotatable bonds is 5. The lowest BCUT2D eigenvalue weighted by Crippen LogP contribution is -2.27. The van der Waals surface area contributed by atoms with Gasteiger partial charge in [-0.05, 0) is 42.8 Å². The van der Waals surface area contributed by atoms with Crippen LogP contribution in [0.2, 0.25) is 0 Å². The molecule has 4 aromatic rings. The fraction of sp³-hybridized carbons (Fsp3) is 0.182. The number of amides is 1. The molecule has 0 aliphatic carbocycles. The van der Waals surface area contributed by atoms with Gasteiger partial charge in [0.15, 0.2) is 5.43 Å². The van der Waals surface area contributed by atoms with Crippen LogP contribution in [0.4, 0.5) is 0 Å². The zero-order chi connectivity index (χ0) is 18.8. The van der Waals surface area contributed by atoms with Crippen LogP contribution in [0.3, 0.4) is 0 Å². The summed E-state index contributed by atoms with van der Waals surface area (Å²) in [4.78, 5) is 27.8. The van der Waals surface area contributed by atoms with Crippen LogP contribution in [0.15, 0.2) is 65.5 Å². The molecule has 2 aromatic heterocycles. The van der Waals surface area contributed by atoms with Crippen molar-refractivity contribution >= 4 is 39.0 Å². The summed E-state index contributed by atoms with van der Waals surface area (Å²) in [5, 5.41) is 4.27. The first-order valence-corrected chi connectivity index (χ1v) is 9.83. The molecule has 2 aromatic carbocycles. The number of para-hydroxylation sites is 2. The predicted octanol–water partition coefficient (Wildman–Crippen LogP) is 4.10. The maximum absolute atomic E-state index is 12.8. The molecule has 0 fully saturated rings. The van der Waals surface area contributed by atoms with Gasteiger partial charge in [0.1, 0.15) is 6.54 Å². The van der Waals surface area contributed by atoms with Gasteiger partial charge < -0.3 is 9.88 Å². The quantitative estimate of drug-likeness (QED) is 0.533. The molecule has 1 amide bonds. The summed E-state index contributed by atoms with van der Waals surface area (Å²) in [6, 6.07) is 19.1. The summed E-state index contributed by atoms with van der Waals surface area (Å²) in [5.41, 5.74) is 1.56. The Hall–Kier alpha value is -2.92. The number of aryl methyl sites for hydroxylation is 1. The van der Waals surface area contributed by atoms with Gasteiger partial charge in [-0.1, -0.05) is 31.2 Å². The number of pyridine rings is 1. The van der Waals surface area contributed by atoms with Crippen LogP contribution >= 0.6 is 11.3 Å². The van der Waals surface area contributed by atoms with Gasteiger partial charge in [-0.15, -0.1) is 11.3 Å². The fourth-order valence-corrected chi connectivity index (χ4v) is 4.24. The summed E-state index contributed by atoms with van der Waals surface area (Å²) in [5.74, 6) is -0.0691. The normalized spacial score (nSPS) is 11.1. The monoisotopic (exact) mass is 376 g/mol. The van der Waals surface area contributed by atoms with E-state index in [0.717, 1.165) is 22.3 Å². The topological polar surface area (TPSA) is 51.1 Å².